The molecule has 0 saturated carbocycles. The van der Waals surface area contributed by atoms with E-state index in [1.807, 2.05) is 26.1 Å². The Bertz CT molecular complexity index is 278. The molecule has 1 rings (SSSR count). The normalized spacial score (nSPS) is 12.8. The lowest BCUT2D eigenvalue weighted by molar-refractivity contribution is 0.123. The second-order valence-electron chi connectivity index (χ2n) is 3.11. The molecule has 0 spiro atoms. The van der Waals surface area contributed by atoms with Crippen LogP contribution in [0, 0.1) is 6.92 Å². The number of hydrazine groups is 1. The topological polar surface area (TPSA) is 60.2 Å². The lowest BCUT2D eigenvalue weighted by Gasteiger charge is -2.17. The summed E-state index contributed by atoms with van der Waals surface area (Å²) < 4.78 is 5.33. The minimum Gasteiger partial charge on any atom is -0.380 e. The first-order valence-corrected chi connectivity index (χ1v) is 4.74. The van der Waals surface area contributed by atoms with E-state index >= 15 is 0 Å². The van der Waals surface area contributed by atoms with Crippen LogP contribution in [0.4, 0.5) is 0 Å². The molecule has 1 aromatic heterocycles. The van der Waals surface area contributed by atoms with Gasteiger partial charge >= 0.3 is 0 Å². The van der Waals surface area contributed by atoms with Gasteiger partial charge < -0.3 is 4.74 Å². The van der Waals surface area contributed by atoms with Crippen LogP contribution in [-0.2, 0) is 4.74 Å². The van der Waals surface area contributed by atoms with Crippen LogP contribution in [0.2, 0.25) is 0 Å². The van der Waals surface area contributed by atoms with Crippen LogP contribution in [0.3, 0.4) is 0 Å². The summed E-state index contributed by atoms with van der Waals surface area (Å²) in [6.45, 7) is 5.26. The van der Waals surface area contributed by atoms with Gasteiger partial charge in [-0.25, -0.2) is 0 Å². The van der Waals surface area contributed by atoms with E-state index in [0.717, 1.165) is 11.1 Å². The van der Waals surface area contributed by atoms with Gasteiger partial charge in [-0.05, 0) is 31.0 Å². The standard InChI is InChI=1S/C10H17N3O/c1-3-14-7-10(13-11)9-4-5-12-6-8(9)2/h4-6,10,13H,3,7,11H2,1-2H3. The third-order valence-corrected chi connectivity index (χ3v) is 2.13. The Morgan fingerprint density at radius 3 is 3.00 bits per heavy atom. The van der Waals surface area contributed by atoms with E-state index in [1.54, 1.807) is 6.20 Å². The summed E-state index contributed by atoms with van der Waals surface area (Å²) >= 11 is 0. The number of nitrogens with two attached hydrogens (primary N) is 1. The van der Waals surface area contributed by atoms with E-state index in [2.05, 4.69) is 10.4 Å². The zero-order valence-corrected chi connectivity index (χ0v) is 8.66. The molecular weight excluding hydrogens is 178 g/mol. The Hall–Kier alpha value is -0.970. The van der Waals surface area contributed by atoms with Crippen molar-refractivity contribution in [2.45, 2.75) is 19.9 Å². The zero-order valence-electron chi connectivity index (χ0n) is 8.66. The number of aromatic nitrogens is 1. The fraction of sp³-hybridized carbons (Fsp3) is 0.500. The Morgan fingerprint density at radius 2 is 2.43 bits per heavy atom. The number of hydrogen-bond acceptors (Lipinski definition) is 4. The highest BCUT2D eigenvalue weighted by atomic mass is 16.5. The number of nitrogens with zero attached hydrogens (tertiary/aromatic N) is 1. The summed E-state index contributed by atoms with van der Waals surface area (Å²) in [4.78, 5) is 4.03. The minimum absolute atomic E-state index is 0.0398. The van der Waals surface area contributed by atoms with E-state index < -0.39 is 0 Å². The van der Waals surface area contributed by atoms with E-state index in [0.29, 0.717) is 13.2 Å². The molecule has 1 atom stereocenters. The predicted octanol–water partition coefficient (Wildman–Crippen LogP) is 0.931. The predicted molar refractivity (Wildman–Crippen MR) is 55.5 cm³/mol. The summed E-state index contributed by atoms with van der Waals surface area (Å²) in [6, 6.07) is 2.00. The molecule has 0 bridgehead atoms. The smallest absolute Gasteiger partial charge is 0.0697 e. The lowest BCUT2D eigenvalue weighted by atomic mass is 10.1. The summed E-state index contributed by atoms with van der Waals surface area (Å²) in [5.74, 6) is 5.46. The first-order valence-electron chi connectivity index (χ1n) is 4.74. The Labute approximate surface area is 84.4 Å². The number of aryl methyl sites for hydroxylation is 1. The van der Waals surface area contributed by atoms with Crippen LogP contribution < -0.4 is 11.3 Å². The Balaban J connectivity index is 2.73. The largest absolute Gasteiger partial charge is 0.380 e. The van der Waals surface area contributed by atoms with Crippen LogP contribution in [0.5, 0.6) is 0 Å². The van der Waals surface area contributed by atoms with Crippen molar-refractivity contribution in [2.75, 3.05) is 13.2 Å². The number of nitrogens with one attached hydrogen (secondary N) is 1. The van der Waals surface area contributed by atoms with Crippen molar-refractivity contribution in [2.24, 2.45) is 5.84 Å². The van der Waals surface area contributed by atoms with Gasteiger partial charge in [0.15, 0.2) is 0 Å². The van der Waals surface area contributed by atoms with Gasteiger partial charge in [0.2, 0.25) is 0 Å². The monoisotopic (exact) mass is 195 g/mol. The van der Waals surface area contributed by atoms with E-state index in [4.69, 9.17) is 10.6 Å². The molecule has 0 saturated heterocycles. The average molecular weight is 195 g/mol. The van der Waals surface area contributed by atoms with Gasteiger partial charge in [-0.3, -0.25) is 16.3 Å². The lowest BCUT2D eigenvalue weighted by Crippen LogP contribution is -2.32. The maximum absolute atomic E-state index is 5.46. The van der Waals surface area contributed by atoms with Gasteiger partial charge in [-0.2, -0.15) is 0 Å². The van der Waals surface area contributed by atoms with Crippen molar-refractivity contribution in [3.63, 3.8) is 0 Å². The van der Waals surface area contributed by atoms with Crippen molar-refractivity contribution in [3.8, 4) is 0 Å². The van der Waals surface area contributed by atoms with E-state index in [9.17, 15) is 0 Å². The molecule has 14 heavy (non-hydrogen) atoms. The fourth-order valence-corrected chi connectivity index (χ4v) is 1.34. The number of rotatable bonds is 5. The van der Waals surface area contributed by atoms with Gasteiger partial charge in [-0.1, -0.05) is 0 Å². The van der Waals surface area contributed by atoms with Crippen LogP contribution >= 0.6 is 0 Å². The van der Waals surface area contributed by atoms with Crippen LogP contribution in [-0.4, -0.2) is 18.2 Å². The zero-order chi connectivity index (χ0) is 10.4. The maximum atomic E-state index is 5.46. The van der Waals surface area contributed by atoms with Gasteiger partial charge in [0.05, 0.1) is 12.6 Å². The molecule has 4 heteroatoms. The molecule has 1 heterocycles. The molecule has 0 aliphatic heterocycles. The van der Waals surface area contributed by atoms with Crippen molar-refractivity contribution < 1.29 is 4.74 Å². The van der Waals surface area contributed by atoms with Crippen LogP contribution in [0.25, 0.3) is 0 Å². The molecule has 0 aliphatic rings. The third kappa shape index (κ3) is 2.77. The molecule has 0 radical (unpaired) electrons. The van der Waals surface area contributed by atoms with Crippen molar-refractivity contribution >= 4 is 0 Å². The van der Waals surface area contributed by atoms with Gasteiger partial charge in [0.25, 0.3) is 0 Å². The van der Waals surface area contributed by atoms with Crippen LogP contribution in [0.1, 0.15) is 24.1 Å². The first-order chi connectivity index (χ1) is 6.79. The minimum atomic E-state index is 0.0398. The highest BCUT2D eigenvalue weighted by Crippen LogP contribution is 2.15. The maximum Gasteiger partial charge on any atom is 0.0697 e. The molecule has 1 unspecified atom stereocenters. The second-order valence-corrected chi connectivity index (χ2v) is 3.11. The molecule has 0 aromatic carbocycles. The number of hydrogen-bond donors (Lipinski definition) is 2. The van der Waals surface area contributed by atoms with Crippen molar-refractivity contribution in [1.82, 2.24) is 10.4 Å². The Kier molecular flexibility index (Phi) is 4.52. The SMILES string of the molecule is CCOCC(NN)c1ccncc1C. The van der Waals surface area contributed by atoms with Gasteiger partial charge in [0.1, 0.15) is 0 Å². The summed E-state index contributed by atoms with van der Waals surface area (Å²) in [5.41, 5.74) is 5.00. The van der Waals surface area contributed by atoms with E-state index in [-0.39, 0.29) is 6.04 Å². The summed E-state index contributed by atoms with van der Waals surface area (Å²) in [5, 5.41) is 0. The molecule has 0 fully saturated rings. The molecule has 78 valence electrons. The molecule has 0 aliphatic carbocycles. The highest BCUT2D eigenvalue weighted by molar-refractivity contribution is 5.25. The molecule has 4 nitrogen and oxygen atoms in total. The first kappa shape index (κ1) is 11.1. The van der Waals surface area contributed by atoms with E-state index in [1.165, 1.54) is 0 Å². The van der Waals surface area contributed by atoms with Gasteiger partial charge in [0, 0.05) is 19.0 Å². The van der Waals surface area contributed by atoms with Gasteiger partial charge in [-0.15, -0.1) is 0 Å². The quantitative estimate of drug-likeness (QED) is 0.542. The third-order valence-electron chi connectivity index (χ3n) is 2.13. The second kappa shape index (κ2) is 5.70. The highest BCUT2D eigenvalue weighted by Gasteiger charge is 2.11. The molecule has 1 aromatic rings. The summed E-state index contributed by atoms with van der Waals surface area (Å²) in [7, 11) is 0. The average Bonchev–Trinajstić information content (AvgIpc) is 2.21. The summed E-state index contributed by atoms with van der Waals surface area (Å²) in [6.07, 6.45) is 3.59. The number of pyridine rings is 1. The number of ether oxygens (including phenoxy) is 1. The van der Waals surface area contributed by atoms with Crippen molar-refractivity contribution in [3.05, 3.63) is 29.6 Å². The van der Waals surface area contributed by atoms with Crippen LogP contribution in [0.15, 0.2) is 18.5 Å². The molecular formula is C10H17N3O. The fourth-order valence-electron chi connectivity index (χ4n) is 1.34. The Morgan fingerprint density at radius 1 is 1.64 bits per heavy atom. The molecule has 0 amide bonds. The molecule has 3 N–H and O–H groups in total. The van der Waals surface area contributed by atoms with Crippen molar-refractivity contribution in [1.29, 1.82) is 0 Å².